The maximum Gasteiger partial charge on any atom is 0.263 e. The molecule has 140 valence electrons. The number of carbonyl (C=O) groups excluding carboxylic acids is 1. The first-order valence-electron chi connectivity index (χ1n) is 9.09. The molecule has 2 atom stereocenters. The van der Waals surface area contributed by atoms with Crippen molar-refractivity contribution in [3.05, 3.63) is 51.0 Å². The number of aryl methyl sites for hydroxylation is 2. The fourth-order valence-electron chi connectivity index (χ4n) is 3.54. The third-order valence-corrected chi connectivity index (χ3v) is 5.63. The Labute approximate surface area is 159 Å². The van der Waals surface area contributed by atoms with Crippen molar-refractivity contribution >= 4 is 17.2 Å². The van der Waals surface area contributed by atoms with Crippen LogP contribution in [0.3, 0.4) is 0 Å². The first-order chi connectivity index (χ1) is 12.4. The van der Waals surface area contributed by atoms with Gasteiger partial charge in [0.2, 0.25) is 0 Å². The molecule has 0 radical (unpaired) electrons. The molecule has 1 saturated heterocycles. The molecule has 0 saturated carbocycles. The monoisotopic (exact) mass is 373 g/mol. The van der Waals surface area contributed by atoms with E-state index in [0.717, 1.165) is 35.9 Å². The summed E-state index contributed by atoms with van der Waals surface area (Å²) in [7, 11) is 0. The molecule has 1 aromatic heterocycles. The maximum absolute atomic E-state index is 12.5. The van der Waals surface area contributed by atoms with E-state index in [-0.39, 0.29) is 18.1 Å². The van der Waals surface area contributed by atoms with Gasteiger partial charge in [0, 0.05) is 26.2 Å². The van der Waals surface area contributed by atoms with Crippen LogP contribution in [0.1, 0.15) is 45.3 Å². The molecule has 1 aliphatic heterocycles. The van der Waals surface area contributed by atoms with E-state index in [4.69, 9.17) is 4.74 Å². The van der Waals surface area contributed by atoms with Crippen molar-refractivity contribution < 1.29 is 9.53 Å². The summed E-state index contributed by atoms with van der Waals surface area (Å²) in [4.78, 5) is 19.9. The standard InChI is InChI=1S/C20H27N3O2S/c1-13-10-23(11-14(2)25-13)12-18-8-6-5-7-17(18)9-21-20(24)19-15(3)22-16(4)26-19/h5-8,13-14H,9-12H2,1-4H3,(H,21,24). The molecule has 0 aliphatic carbocycles. The van der Waals surface area contributed by atoms with Gasteiger partial charge in [-0.2, -0.15) is 0 Å². The third kappa shape index (κ3) is 4.69. The van der Waals surface area contributed by atoms with Crippen LogP contribution >= 0.6 is 11.3 Å². The van der Waals surface area contributed by atoms with Gasteiger partial charge in [0.1, 0.15) is 4.88 Å². The summed E-state index contributed by atoms with van der Waals surface area (Å²) in [5.41, 5.74) is 3.22. The number of carbonyl (C=O) groups is 1. The SMILES string of the molecule is Cc1nc(C)c(C(=O)NCc2ccccc2CN2CC(C)OC(C)C2)s1. The number of aromatic nitrogens is 1. The number of benzene rings is 1. The lowest BCUT2D eigenvalue weighted by molar-refractivity contribution is -0.0705. The van der Waals surface area contributed by atoms with Gasteiger partial charge in [0.05, 0.1) is 22.9 Å². The molecular formula is C20H27N3O2S. The van der Waals surface area contributed by atoms with E-state index in [9.17, 15) is 4.79 Å². The second-order valence-electron chi connectivity index (χ2n) is 7.05. The van der Waals surface area contributed by atoms with Gasteiger partial charge in [-0.15, -0.1) is 11.3 Å². The van der Waals surface area contributed by atoms with E-state index in [1.54, 1.807) is 0 Å². The van der Waals surface area contributed by atoms with Crippen LogP contribution in [0.5, 0.6) is 0 Å². The number of ether oxygens (including phenoxy) is 1. The summed E-state index contributed by atoms with van der Waals surface area (Å²) in [6.45, 7) is 11.3. The van der Waals surface area contributed by atoms with E-state index in [1.165, 1.54) is 16.9 Å². The zero-order chi connectivity index (χ0) is 18.7. The lowest BCUT2D eigenvalue weighted by Gasteiger charge is -2.35. The number of nitrogens with zero attached hydrogens (tertiary/aromatic N) is 2. The molecule has 1 aromatic carbocycles. The van der Waals surface area contributed by atoms with Gasteiger partial charge in [-0.3, -0.25) is 9.69 Å². The van der Waals surface area contributed by atoms with Crippen LogP contribution in [0.25, 0.3) is 0 Å². The summed E-state index contributed by atoms with van der Waals surface area (Å²) < 4.78 is 5.82. The molecule has 3 rings (SSSR count). The van der Waals surface area contributed by atoms with Crippen molar-refractivity contribution in [2.45, 2.75) is 53.0 Å². The molecule has 2 aromatic rings. The molecule has 5 nitrogen and oxygen atoms in total. The Kier molecular flexibility index (Phi) is 6.06. The van der Waals surface area contributed by atoms with Gasteiger partial charge in [-0.1, -0.05) is 24.3 Å². The van der Waals surface area contributed by atoms with Gasteiger partial charge >= 0.3 is 0 Å². The zero-order valence-electron chi connectivity index (χ0n) is 15.9. The summed E-state index contributed by atoms with van der Waals surface area (Å²) >= 11 is 1.45. The minimum atomic E-state index is -0.0449. The highest BCUT2D eigenvalue weighted by Gasteiger charge is 2.22. The quantitative estimate of drug-likeness (QED) is 0.874. The Balaban J connectivity index is 1.65. The Hall–Kier alpha value is -1.76. The molecule has 1 fully saturated rings. The Bertz CT molecular complexity index is 764. The number of rotatable bonds is 5. The van der Waals surface area contributed by atoms with Crippen molar-refractivity contribution in [1.29, 1.82) is 0 Å². The normalized spacial score (nSPS) is 20.9. The second kappa shape index (κ2) is 8.29. The second-order valence-corrected chi connectivity index (χ2v) is 8.25. The van der Waals surface area contributed by atoms with Crippen molar-refractivity contribution in [2.75, 3.05) is 13.1 Å². The van der Waals surface area contributed by atoms with Gasteiger partial charge in [-0.25, -0.2) is 4.98 Å². The lowest BCUT2D eigenvalue weighted by atomic mass is 10.1. The first-order valence-corrected chi connectivity index (χ1v) is 9.91. The minimum absolute atomic E-state index is 0.0449. The number of amides is 1. The van der Waals surface area contributed by atoms with Crippen LogP contribution in [0, 0.1) is 13.8 Å². The van der Waals surface area contributed by atoms with E-state index >= 15 is 0 Å². The highest BCUT2D eigenvalue weighted by atomic mass is 32.1. The number of hydrogen-bond donors (Lipinski definition) is 1. The highest BCUT2D eigenvalue weighted by molar-refractivity contribution is 7.13. The van der Waals surface area contributed by atoms with Gasteiger partial charge < -0.3 is 10.1 Å². The number of hydrogen-bond acceptors (Lipinski definition) is 5. The van der Waals surface area contributed by atoms with E-state index < -0.39 is 0 Å². The molecule has 6 heteroatoms. The van der Waals surface area contributed by atoms with Crippen LogP contribution in [0.15, 0.2) is 24.3 Å². The van der Waals surface area contributed by atoms with Crippen LogP contribution in [-0.2, 0) is 17.8 Å². The summed E-state index contributed by atoms with van der Waals surface area (Å²) in [6.07, 6.45) is 0.506. The average molecular weight is 374 g/mol. The van der Waals surface area contributed by atoms with E-state index in [0.29, 0.717) is 11.4 Å². The molecule has 2 unspecified atom stereocenters. The van der Waals surface area contributed by atoms with Gasteiger partial charge in [0.25, 0.3) is 5.91 Å². The summed E-state index contributed by atoms with van der Waals surface area (Å²) in [5.74, 6) is -0.0449. The highest BCUT2D eigenvalue weighted by Crippen LogP contribution is 2.19. The Morgan fingerprint density at radius 2 is 1.88 bits per heavy atom. The summed E-state index contributed by atoms with van der Waals surface area (Å²) in [5, 5.41) is 3.97. The predicted molar refractivity (Wildman–Crippen MR) is 104 cm³/mol. The first kappa shape index (κ1) is 19.0. The Morgan fingerprint density at radius 3 is 2.50 bits per heavy atom. The zero-order valence-corrected chi connectivity index (χ0v) is 16.7. The van der Waals surface area contributed by atoms with Crippen LogP contribution in [-0.4, -0.2) is 41.1 Å². The van der Waals surface area contributed by atoms with E-state index in [1.807, 2.05) is 19.9 Å². The fraction of sp³-hybridized carbons (Fsp3) is 0.500. The maximum atomic E-state index is 12.5. The third-order valence-electron chi connectivity index (χ3n) is 4.56. The van der Waals surface area contributed by atoms with Gasteiger partial charge in [-0.05, 0) is 38.8 Å². The van der Waals surface area contributed by atoms with Crippen molar-refractivity contribution in [3.8, 4) is 0 Å². The average Bonchev–Trinajstić information content (AvgIpc) is 2.91. The minimum Gasteiger partial charge on any atom is -0.373 e. The molecule has 1 amide bonds. The molecule has 2 heterocycles. The summed E-state index contributed by atoms with van der Waals surface area (Å²) in [6, 6.07) is 8.32. The molecule has 1 aliphatic rings. The molecule has 0 bridgehead atoms. The van der Waals surface area contributed by atoms with Crippen LogP contribution < -0.4 is 5.32 Å². The number of morpholine rings is 1. The van der Waals surface area contributed by atoms with Crippen molar-refractivity contribution in [2.24, 2.45) is 0 Å². The van der Waals surface area contributed by atoms with Crippen molar-refractivity contribution in [1.82, 2.24) is 15.2 Å². The van der Waals surface area contributed by atoms with Gasteiger partial charge in [0.15, 0.2) is 0 Å². The molecule has 0 spiro atoms. The topological polar surface area (TPSA) is 54.5 Å². The smallest absolute Gasteiger partial charge is 0.263 e. The molecular weight excluding hydrogens is 346 g/mol. The van der Waals surface area contributed by atoms with Crippen molar-refractivity contribution in [3.63, 3.8) is 0 Å². The number of thiazole rings is 1. The fourth-order valence-corrected chi connectivity index (χ4v) is 4.37. The molecule has 1 N–H and O–H groups in total. The lowest BCUT2D eigenvalue weighted by Crippen LogP contribution is -2.45. The van der Waals surface area contributed by atoms with Crippen LogP contribution in [0.4, 0.5) is 0 Å². The number of nitrogens with one attached hydrogen (secondary N) is 1. The Morgan fingerprint density at radius 1 is 1.23 bits per heavy atom. The van der Waals surface area contributed by atoms with Crippen LogP contribution in [0.2, 0.25) is 0 Å². The molecule has 26 heavy (non-hydrogen) atoms. The predicted octanol–water partition coefficient (Wildman–Crippen LogP) is 3.30. The van der Waals surface area contributed by atoms with E-state index in [2.05, 4.69) is 47.2 Å². The largest absolute Gasteiger partial charge is 0.373 e.